The van der Waals surface area contributed by atoms with Gasteiger partial charge in [-0.15, -0.1) is 0 Å². The molecule has 9 heteroatoms. The number of carbonyl (C=O) groups is 2. The van der Waals surface area contributed by atoms with Crippen LogP contribution in [0.15, 0.2) is 53.6 Å². The predicted octanol–water partition coefficient (Wildman–Crippen LogP) is 3.15. The van der Waals surface area contributed by atoms with Crippen molar-refractivity contribution in [3.05, 3.63) is 74.8 Å². The van der Waals surface area contributed by atoms with E-state index in [4.69, 9.17) is 11.6 Å². The number of carbonyl (C=O) groups excluding carboxylic acids is 2. The smallest absolute Gasteiger partial charge is 0.269 e. The molecule has 2 aromatic rings. The van der Waals surface area contributed by atoms with Crippen LogP contribution in [0.2, 0.25) is 5.02 Å². The van der Waals surface area contributed by atoms with Gasteiger partial charge in [0.1, 0.15) is 6.04 Å². The van der Waals surface area contributed by atoms with E-state index in [0.717, 1.165) is 0 Å². The molecule has 2 rings (SSSR count). The lowest BCUT2D eigenvalue weighted by Gasteiger charge is -2.20. The molecular formula is C19H19ClN4O4. The minimum Gasteiger partial charge on any atom is -0.340 e. The highest BCUT2D eigenvalue weighted by molar-refractivity contribution is 6.30. The Morgan fingerprint density at radius 2 is 1.71 bits per heavy atom. The molecule has 0 bridgehead atoms. The Morgan fingerprint density at radius 1 is 1.11 bits per heavy atom. The van der Waals surface area contributed by atoms with Gasteiger partial charge >= 0.3 is 0 Å². The number of rotatable bonds is 7. The number of halogens is 1. The number of non-ortho nitro benzene ring substituents is 1. The molecule has 0 radical (unpaired) electrons. The highest BCUT2D eigenvalue weighted by Crippen LogP contribution is 2.12. The van der Waals surface area contributed by atoms with Crippen molar-refractivity contribution in [1.82, 2.24) is 10.7 Å². The number of nitrogens with zero attached hydrogens (tertiary/aromatic N) is 2. The molecule has 0 aliphatic rings. The molecule has 0 fully saturated rings. The van der Waals surface area contributed by atoms with Crippen molar-refractivity contribution in [2.24, 2.45) is 11.0 Å². The number of nitrogens with one attached hydrogen (secondary N) is 2. The van der Waals surface area contributed by atoms with Gasteiger partial charge in [-0.1, -0.05) is 25.4 Å². The summed E-state index contributed by atoms with van der Waals surface area (Å²) in [6, 6.07) is 11.2. The number of hydrogen-bond acceptors (Lipinski definition) is 5. The molecule has 1 unspecified atom stereocenters. The van der Waals surface area contributed by atoms with E-state index in [-0.39, 0.29) is 11.6 Å². The monoisotopic (exact) mass is 402 g/mol. The molecule has 0 spiro atoms. The Morgan fingerprint density at radius 3 is 2.25 bits per heavy atom. The fourth-order valence-corrected chi connectivity index (χ4v) is 2.41. The van der Waals surface area contributed by atoms with E-state index in [2.05, 4.69) is 15.8 Å². The van der Waals surface area contributed by atoms with Crippen LogP contribution < -0.4 is 10.7 Å². The molecule has 0 aliphatic carbocycles. The van der Waals surface area contributed by atoms with E-state index in [0.29, 0.717) is 16.1 Å². The third-order valence-corrected chi connectivity index (χ3v) is 4.09. The summed E-state index contributed by atoms with van der Waals surface area (Å²) in [5.74, 6) is -1.05. The summed E-state index contributed by atoms with van der Waals surface area (Å²) in [6.07, 6.45) is 1.36. The average Bonchev–Trinajstić information content (AvgIpc) is 2.66. The zero-order valence-corrected chi connectivity index (χ0v) is 16.0. The maximum absolute atomic E-state index is 12.4. The minimum atomic E-state index is -0.794. The van der Waals surface area contributed by atoms with Crippen LogP contribution in [0, 0.1) is 16.0 Å². The van der Waals surface area contributed by atoms with Crippen LogP contribution >= 0.6 is 11.6 Å². The zero-order chi connectivity index (χ0) is 20.7. The Labute approximate surface area is 166 Å². The van der Waals surface area contributed by atoms with Gasteiger partial charge in [-0.25, -0.2) is 5.43 Å². The van der Waals surface area contributed by atoms with Crippen LogP contribution in [0.5, 0.6) is 0 Å². The maximum atomic E-state index is 12.4. The number of hydrogen-bond donors (Lipinski definition) is 2. The second-order valence-corrected chi connectivity index (χ2v) is 6.72. The molecule has 2 N–H and O–H groups in total. The van der Waals surface area contributed by atoms with Crippen LogP contribution in [-0.4, -0.2) is 29.0 Å². The average molecular weight is 403 g/mol. The molecule has 0 saturated heterocycles. The highest BCUT2D eigenvalue weighted by atomic mass is 35.5. The molecule has 0 aliphatic heterocycles. The number of nitro groups is 1. The topological polar surface area (TPSA) is 114 Å². The minimum absolute atomic E-state index is 0.0361. The van der Waals surface area contributed by atoms with Gasteiger partial charge in [0, 0.05) is 22.7 Å². The summed E-state index contributed by atoms with van der Waals surface area (Å²) in [5, 5.41) is 17.7. The van der Waals surface area contributed by atoms with Crippen molar-refractivity contribution >= 4 is 35.3 Å². The van der Waals surface area contributed by atoms with Gasteiger partial charge in [-0.2, -0.15) is 5.10 Å². The summed E-state index contributed by atoms with van der Waals surface area (Å²) >= 11 is 5.81. The van der Waals surface area contributed by atoms with Crippen molar-refractivity contribution < 1.29 is 14.5 Å². The van der Waals surface area contributed by atoms with E-state index in [1.165, 1.54) is 30.5 Å². The van der Waals surface area contributed by atoms with E-state index in [1.54, 1.807) is 38.1 Å². The van der Waals surface area contributed by atoms with Crippen molar-refractivity contribution in [1.29, 1.82) is 0 Å². The Kier molecular flexibility index (Phi) is 7.22. The van der Waals surface area contributed by atoms with Gasteiger partial charge < -0.3 is 5.32 Å². The first-order chi connectivity index (χ1) is 13.3. The van der Waals surface area contributed by atoms with Crippen molar-refractivity contribution in [3.8, 4) is 0 Å². The lowest BCUT2D eigenvalue weighted by atomic mass is 10.0. The normalized spacial score (nSPS) is 12.0. The fourth-order valence-electron chi connectivity index (χ4n) is 2.28. The summed E-state index contributed by atoms with van der Waals surface area (Å²) in [4.78, 5) is 34.9. The first-order valence-electron chi connectivity index (χ1n) is 8.41. The van der Waals surface area contributed by atoms with Gasteiger partial charge in [0.15, 0.2) is 0 Å². The summed E-state index contributed by atoms with van der Waals surface area (Å²) < 4.78 is 0. The van der Waals surface area contributed by atoms with Crippen LogP contribution in [0.1, 0.15) is 29.8 Å². The highest BCUT2D eigenvalue weighted by Gasteiger charge is 2.24. The van der Waals surface area contributed by atoms with E-state index in [9.17, 15) is 19.7 Å². The van der Waals surface area contributed by atoms with E-state index >= 15 is 0 Å². The van der Waals surface area contributed by atoms with Gasteiger partial charge in [0.2, 0.25) is 0 Å². The fraction of sp³-hybridized carbons (Fsp3) is 0.211. The molecule has 0 heterocycles. The maximum Gasteiger partial charge on any atom is 0.269 e. The summed E-state index contributed by atoms with van der Waals surface area (Å²) in [5.41, 5.74) is 3.31. The summed E-state index contributed by atoms with van der Waals surface area (Å²) in [6.45, 7) is 3.60. The van der Waals surface area contributed by atoms with Crippen LogP contribution in [0.4, 0.5) is 5.69 Å². The molecule has 1 atom stereocenters. The summed E-state index contributed by atoms with van der Waals surface area (Å²) in [7, 11) is 0. The van der Waals surface area contributed by atoms with Gasteiger partial charge in [0.25, 0.3) is 17.5 Å². The number of benzene rings is 2. The first kappa shape index (κ1) is 21.0. The first-order valence-corrected chi connectivity index (χ1v) is 8.79. The van der Waals surface area contributed by atoms with Crippen LogP contribution in [0.3, 0.4) is 0 Å². The Balaban J connectivity index is 1.99. The van der Waals surface area contributed by atoms with Crippen LogP contribution in [-0.2, 0) is 4.79 Å². The third kappa shape index (κ3) is 5.88. The second-order valence-electron chi connectivity index (χ2n) is 6.28. The number of amides is 2. The molecule has 2 aromatic carbocycles. The lowest BCUT2D eigenvalue weighted by Crippen LogP contribution is -2.48. The van der Waals surface area contributed by atoms with E-state index in [1.807, 2.05) is 0 Å². The Bertz CT molecular complexity index is 880. The van der Waals surface area contributed by atoms with Gasteiger partial charge in [0.05, 0.1) is 11.1 Å². The van der Waals surface area contributed by atoms with E-state index < -0.39 is 22.8 Å². The van der Waals surface area contributed by atoms with Crippen molar-refractivity contribution in [2.45, 2.75) is 19.9 Å². The largest absolute Gasteiger partial charge is 0.340 e. The lowest BCUT2D eigenvalue weighted by molar-refractivity contribution is -0.384. The molecule has 146 valence electrons. The molecular weight excluding hydrogens is 384 g/mol. The molecule has 0 aromatic heterocycles. The second kappa shape index (κ2) is 9.61. The van der Waals surface area contributed by atoms with Gasteiger partial charge in [-0.3, -0.25) is 19.7 Å². The van der Waals surface area contributed by atoms with Crippen molar-refractivity contribution in [2.75, 3.05) is 0 Å². The van der Waals surface area contributed by atoms with Crippen molar-refractivity contribution in [3.63, 3.8) is 0 Å². The quantitative estimate of drug-likeness (QED) is 0.420. The molecule has 0 saturated carbocycles. The SMILES string of the molecule is CC(C)C(NC(=O)c1ccc(Cl)cc1)C(=O)NN=Cc1ccc([N+](=O)[O-])cc1. The standard InChI is InChI=1S/C19H19ClN4O4/c1-12(2)17(22-18(25)14-5-7-15(20)8-6-14)19(26)23-21-11-13-3-9-16(10-4-13)24(27)28/h3-12,17H,1-2H3,(H,22,25)(H,23,26). The molecule has 8 nitrogen and oxygen atoms in total. The zero-order valence-electron chi connectivity index (χ0n) is 15.3. The van der Waals surface area contributed by atoms with Crippen LogP contribution in [0.25, 0.3) is 0 Å². The van der Waals surface area contributed by atoms with Gasteiger partial charge in [-0.05, 0) is 47.9 Å². The molecule has 28 heavy (non-hydrogen) atoms. The third-order valence-electron chi connectivity index (χ3n) is 3.83. The predicted molar refractivity (Wildman–Crippen MR) is 106 cm³/mol. The number of nitro benzene ring substituents is 1. The molecule has 2 amide bonds. The Hall–Kier alpha value is -3.26. The number of hydrazone groups is 1.